The number of fused-ring (bicyclic) bond motifs is 1. The number of alkyl halides is 6. The van der Waals surface area contributed by atoms with Gasteiger partial charge in [-0.25, -0.2) is 9.59 Å². The maximum Gasteiger partial charge on any atom is 0.490 e. The van der Waals surface area contributed by atoms with Gasteiger partial charge in [0.05, 0.1) is 33.5 Å². The number of morpholine rings is 1. The largest absolute Gasteiger partial charge is 0.496 e. The predicted molar refractivity (Wildman–Crippen MR) is 120 cm³/mol. The normalized spacial score (nSPS) is 23.9. The fourth-order valence-electron chi connectivity index (χ4n) is 4.57. The average molecular weight is 560 g/mol. The maximum absolute atomic E-state index is 10.6. The first kappa shape index (κ1) is 31.6. The van der Waals surface area contributed by atoms with Gasteiger partial charge in [0, 0.05) is 56.2 Å². The van der Waals surface area contributed by atoms with Crippen LogP contribution >= 0.6 is 0 Å². The number of hydrogen-bond acceptors (Lipinski definition) is 7. The molecule has 2 atom stereocenters. The van der Waals surface area contributed by atoms with E-state index in [1.165, 1.54) is 5.56 Å². The molecule has 4 rings (SSSR count). The molecule has 15 heteroatoms. The van der Waals surface area contributed by atoms with Crippen LogP contribution < -0.4 is 4.74 Å². The maximum atomic E-state index is 10.6. The number of halogens is 6. The van der Waals surface area contributed by atoms with E-state index in [9.17, 15) is 26.3 Å². The Labute approximate surface area is 214 Å². The molecule has 2 N–H and O–H groups in total. The predicted octanol–water partition coefficient (Wildman–Crippen LogP) is 2.74. The number of likely N-dealkylation sites (tertiary alicyclic amines) is 1. The number of carbonyl (C=O) groups is 2. The first-order valence-electron chi connectivity index (χ1n) is 11.5. The van der Waals surface area contributed by atoms with Crippen molar-refractivity contribution >= 4 is 11.9 Å². The zero-order chi connectivity index (χ0) is 28.6. The van der Waals surface area contributed by atoms with Crippen molar-refractivity contribution in [3.63, 3.8) is 0 Å². The van der Waals surface area contributed by atoms with Crippen molar-refractivity contribution in [1.82, 2.24) is 9.80 Å². The third-order valence-electron chi connectivity index (χ3n) is 6.31. The molecule has 1 aromatic carbocycles. The average Bonchev–Trinajstić information content (AvgIpc) is 3.35. The van der Waals surface area contributed by atoms with Gasteiger partial charge in [-0.05, 0) is 6.07 Å². The molecule has 0 radical (unpaired) electrons. The minimum atomic E-state index is -5.08. The summed E-state index contributed by atoms with van der Waals surface area (Å²) in [6.07, 6.45) is -10.2. The molecule has 38 heavy (non-hydrogen) atoms. The molecule has 0 saturated carbocycles. The number of nitrogens with zero attached hydrogens (tertiary/aromatic N) is 2. The highest BCUT2D eigenvalue weighted by molar-refractivity contribution is 5.73. The third-order valence-corrected chi connectivity index (χ3v) is 6.31. The van der Waals surface area contributed by atoms with E-state index >= 15 is 0 Å². The van der Waals surface area contributed by atoms with E-state index in [0.29, 0.717) is 11.3 Å². The number of methoxy groups -OCH3 is 1. The van der Waals surface area contributed by atoms with E-state index < -0.39 is 24.3 Å². The van der Waals surface area contributed by atoms with Gasteiger partial charge in [0.2, 0.25) is 0 Å². The molecule has 1 aromatic rings. The summed E-state index contributed by atoms with van der Waals surface area (Å²) in [7, 11) is 1.76. The molecule has 3 heterocycles. The van der Waals surface area contributed by atoms with E-state index in [1.54, 1.807) is 7.11 Å². The standard InChI is InChI=1S/C19H28N2O3.2C2HF3O2/c1-22-18-5-3-2-4-16(18)10-21-11-17-12-24-15-19(17,14-21)13-20-6-8-23-9-7-20;2*3-2(4,5)1(6)7/h2-5,17H,6-15H2,1H3;2*(H,6,7)/t17-,19+;;/m1../s1. The van der Waals surface area contributed by atoms with Gasteiger partial charge in [-0.3, -0.25) is 9.80 Å². The van der Waals surface area contributed by atoms with Crippen LogP contribution in [0.4, 0.5) is 26.3 Å². The highest BCUT2D eigenvalue weighted by Gasteiger charge is 2.51. The Morgan fingerprint density at radius 1 is 1.00 bits per heavy atom. The smallest absolute Gasteiger partial charge is 0.490 e. The van der Waals surface area contributed by atoms with Crippen LogP contribution in [0.1, 0.15) is 5.56 Å². The second-order valence-corrected chi connectivity index (χ2v) is 9.05. The molecule has 0 aliphatic carbocycles. The lowest BCUT2D eigenvalue weighted by Crippen LogP contribution is -2.47. The van der Waals surface area contributed by atoms with Crippen LogP contribution in [0, 0.1) is 11.3 Å². The number of carboxylic acids is 2. The van der Waals surface area contributed by atoms with Gasteiger partial charge >= 0.3 is 24.3 Å². The highest BCUT2D eigenvalue weighted by atomic mass is 19.4. The SMILES string of the molecule is COc1ccccc1CN1C[C@@H]2COC[C@]2(CN2CCOCC2)C1.O=C(O)C(F)(F)F.O=C(O)C(F)(F)F. The summed E-state index contributed by atoms with van der Waals surface area (Å²) in [6, 6.07) is 8.37. The Hall–Kier alpha value is -2.62. The Kier molecular flexibility index (Phi) is 11.2. The summed E-state index contributed by atoms with van der Waals surface area (Å²) in [5.41, 5.74) is 1.57. The number of carboxylic acid groups (broad SMARTS) is 2. The molecule has 3 aliphatic heterocycles. The molecule has 216 valence electrons. The second kappa shape index (κ2) is 13.4. The van der Waals surface area contributed by atoms with E-state index in [2.05, 4.69) is 28.0 Å². The van der Waals surface area contributed by atoms with Gasteiger partial charge < -0.3 is 24.4 Å². The third kappa shape index (κ3) is 9.29. The van der Waals surface area contributed by atoms with Crippen LogP contribution in [-0.4, -0.2) is 111 Å². The van der Waals surface area contributed by atoms with Crippen molar-refractivity contribution in [3.8, 4) is 5.75 Å². The molecular formula is C23H30F6N2O7. The minimum absolute atomic E-state index is 0.291. The molecule has 0 bridgehead atoms. The van der Waals surface area contributed by atoms with Crippen molar-refractivity contribution in [2.24, 2.45) is 11.3 Å². The van der Waals surface area contributed by atoms with Gasteiger partial charge in [-0.2, -0.15) is 26.3 Å². The summed E-state index contributed by atoms with van der Waals surface area (Å²) in [5, 5.41) is 14.2. The van der Waals surface area contributed by atoms with Crippen molar-refractivity contribution in [3.05, 3.63) is 29.8 Å². The van der Waals surface area contributed by atoms with Crippen LogP contribution in [0.3, 0.4) is 0 Å². The lowest BCUT2D eigenvalue weighted by molar-refractivity contribution is -0.193. The number of ether oxygens (including phenoxy) is 3. The van der Waals surface area contributed by atoms with Crippen molar-refractivity contribution in [2.45, 2.75) is 18.9 Å². The lowest BCUT2D eigenvalue weighted by Gasteiger charge is -2.36. The van der Waals surface area contributed by atoms with E-state index in [4.69, 9.17) is 34.0 Å². The Balaban J connectivity index is 0.000000301. The Morgan fingerprint density at radius 2 is 1.55 bits per heavy atom. The molecule has 3 saturated heterocycles. The van der Waals surface area contributed by atoms with Crippen molar-refractivity contribution in [1.29, 1.82) is 0 Å². The quantitative estimate of drug-likeness (QED) is 0.526. The Bertz CT molecular complexity index is 900. The number of hydrogen-bond donors (Lipinski definition) is 2. The van der Waals surface area contributed by atoms with Gasteiger partial charge in [0.15, 0.2) is 0 Å². The highest BCUT2D eigenvalue weighted by Crippen LogP contribution is 2.43. The zero-order valence-electron chi connectivity index (χ0n) is 20.6. The first-order chi connectivity index (χ1) is 17.7. The molecule has 3 fully saturated rings. The second-order valence-electron chi connectivity index (χ2n) is 9.05. The number of para-hydroxylation sites is 1. The molecule has 0 unspecified atom stereocenters. The summed E-state index contributed by atoms with van der Waals surface area (Å²) < 4.78 is 80.4. The van der Waals surface area contributed by atoms with Gasteiger partial charge in [-0.15, -0.1) is 0 Å². The van der Waals surface area contributed by atoms with E-state index in [1.807, 2.05) is 6.07 Å². The van der Waals surface area contributed by atoms with Crippen molar-refractivity contribution < 1.29 is 60.4 Å². The van der Waals surface area contributed by atoms with Crippen LogP contribution in [0.25, 0.3) is 0 Å². The lowest BCUT2D eigenvalue weighted by atomic mass is 9.80. The van der Waals surface area contributed by atoms with Crippen LogP contribution in [0.5, 0.6) is 5.75 Å². The zero-order valence-corrected chi connectivity index (χ0v) is 20.6. The number of rotatable bonds is 5. The molecule has 3 aliphatic rings. The molecule has 0 amide bonds. The van der Waals surface area contributed by atoms with Crippen LogP contribution in [-0.2, 0) is 25.6 Å². The molecule has 0 spiro atoms. The van der Waals surface area contributed by atoms with Crippen LogP contribution in [0.15, 0.2) is 24.3 Å². The summed E-state index contributed by atoms with van der Waals surface area (Å²) in [4.78, 5) is 22.9. The molecular weight excluding hydrogens is 530 g/mol. The van der Waals surface area contributed by atoms with Crippen LogP contribution in [0.2, 0.25) is 0 Å². The monoisotopic (exact) mass is 560 g/mol. The van der Waals surface area contributed by atoms with Gasteiger partial charge in [0.1, 0.15) is 5.75 Å². The van der Waals surface area contributed by atoms with Gasteiger partial charge in [0.25, 0.3) is 0 Å². The fourth-order valence-corrected chi connectivity index (χ4v) is 4.57. The number of aliphatic carboxylic acids is 2. The molecule has 9 nitrogen and oxygen atoms in total. The first-order valence-corrected chi connectivity index (χ1v) is 11.5. The summed E-state index contributed by atoms with van der Waals surface area (Å²) in [5.74, 6) is -3.87. The van der Waals surface area contributed by atoms with E-state index in [0.717, 1.165) is 71.4 Å². The topological polar surface area (TPSA) is 109 Å². The van der Waals surface area contributed by atoms with Gasteiger partial charge in [-0.1, -0.05) is 18.2 Å². The summed E-state index contributed by atoms with van der Waals surface area (Å²) in [6.45, 7) is 10.0. The fraction of sp³-hybridized carbons (Fsp3) is 0.652. The Morgan fingerprint density at radius 3 is 2.08 bits per heavy atom. The minimum Gasteiger partial charge on any atom is -0.496 e. The number of benzene rings is 1. The summed E-state index contributed by atoms with van der Waals surface area (Å²) >= 11 is 0. The molecule has 0 aromatic heterocycles. The van der Waals surface area contributed by atoms with E-state index in [-0.39, 0.29) is 0 Å². The van der Waals surface area contributed by atoms with Crippen molar-refractivity contribution in [2.75, 3.05) is 66.3 Å².